The minimum Gasteiger partial charge on any atom is -0.349 e. The number of rotatable bonds is 2. The van der Waals surface area contributed by atoms with Gasteiger partial charge >= 0.3 is 0 Å². The zero-order valence-corrected chi connectivity index (χ0v) is 20.2. The molecule has 2 amide bonds. The van der Waals surface area contributed by atoms with E-state index in [2.05, 4.69) is 22.6 Å². The van der Waals surface area contributed by atoms with Gasteiger partial charge in [-0.1, -0.05) is 54.6 Å². The van der Waals surface area contributed by atoms with Crippen LogP contribution in [0.25, 0.3) is 0 Å². The number of hydrogen-bond acceptors (Lipinski definition) is 5. The van der Waals surface area contributed by atoms with Crippen LogP contribution in [0.2, 0.25) is 0 Å². The molecule has 2 saturated heterocycles. The second-order valence-electron chi connectivity index (χ2n) is 8.83. The second kappa shape index (κ2) is 7.41. The lowest BCUT2D eigenvalue weighted by Crippen LogP contribution is -2.51. The van der Waals surface area contributed by atoms with E-state index in [0.717, 1.165) is 14.0 Å². The minimum atomic E-state index is -2.05. The predicted molar refractivity (Wildman–Crippen MR) is 131 cm³/mol. The summed E-state index contributed by atoms with van der Waals surface area (Å²) in [5.74, 6) is -4.37. The monoisotopic (exact) mass is 563 g/mol. The molecule has 2 heterocycles. The number of benzene rings is 3. The third-order valence-corrected chi connectivity index (χ3v) is 7.72. The van der Waals surface area contributed by atoms with Crippen molar-refractivity contribution in [3.05, 3.63) is 98.6 Å². The van der Waals surface area contributed by atoms with Gasteiger partial charge in [-0.25, -0.2) is 4.90 Å². The molecule has 2 fully saturated rings. The number of ketones is 2. The largest absolute Gasteiger partial charge is 0.349 e. The van der Waals surface area contributed by atoms with E-state index in [1.807, 2.05) is 25.1 Å². The van der Waals surface area contributed by atoms with Gasteiger partial charge in [0.2, 0.25) is 29.0 Å². The standard InChI is InChI=1S/C27H18INO5/c1-14-13-16(28)11-12-19(14)29-25(32)20-21(26(29)33)27(34-22(20)15-7-3-2-4-8-15)23(30)17-9-5-6-10-18(17)24(27)31/h2-13,20-22H,1H3/t20-,21-,22-/m0/s1. The number of carbonyl (C=O) groups is 4. The van der Waals surface area contributed by atoms with Gasteiger partial charge in [-0.3, -0.25) is 19.2 Å². The van der Waals surface area contributed by atoms with Crippen LogP contribution in [0.15, 0.2) is 72.8 Å². The number of anilines is 1. The van der Waals surface area contributed by atoms with Crippen LogP contribution < -0.4 is 4.90 Å². The average molecular weight is 563 g/mol. The van der Waals surface area contributed by atoms with Crippen LogP contribution in [-0.4, -0.2) is 29.0 Å². The summed E-state index contributed by atoms with van der Waals surface area (Å²) in [4.78, 5) is 56.4. The smallest absolute Gasteiger partial charge is 0.241 e. The maximum Gasteiger partial charge on any atom is 0.241 e. The fourth-order valence-corrected chi connectivity index (χ4v) is 6.21. The van der Waals surface area contributed by atoms with Gasteiger partial charge in [0.15, 0.2) is 0 Å². The minimum absolute atomic E-state index is 0.226. The van der Waals surface area contributed by atoms with Crippen LogP contribution >= 0.6 is 22.6 Å². The summed E-state index contributed by atoms with van der Waals surface area (Å²) in [6.07, 6.45) is -0.904. The summed E-state index contributed by atoms with van der Waals surface area (Å²) >= 11 is 2.17. The van der Waals surface area contributed by atoms with Crippen LogP contribution in [0.3, 0.4) is 0 Å². The highest BCUT2D eigenvalue weighted by molar-refractivity contribution is 14.1. The summed E-state index contributed by atoms with van der Waals surface area (Å²) in [6.45, 7) is 1.83. The Bertz CT molecular complexity index is 1380. The fourth-order valence-electron chi connectivity index (χ4n) is 5.57. The molecule has 3 aromatic rings. The van der Waals surface area contributed by atoms with Gasteiger partial charge in [0.1, 0.15) is 0 Å². The van der Waals surface area contributed by atoms with E-state index in [1.165, 1.54) is 0 Å². The highest BCUT2D eigenvalue weighted by Crippen LogP contribution is 2.57. The van der Waals surface area contributed by atoms with Crippen molar-refractivity contribution in [3.8, 4) is 0 Å². The summed E-state index contributed by atoms with van der Waals surface area (Å²) in [7, 11) is 0. The van der Waals surface area contributed by atoms with E-state index >= 15 is 0 Å². The van der Waals surface area contributed by atoms with Gasteiger partial charge in [0.05, 0.1) is 23.6 Å². The molecular formula is C27H18INO5. The lowest BCUT2D eigenvalue weighted by Gasteiger charge is -2.27. The van der Waals surface area contributed by atoms with Crippen molar-refractivity contribution in [2.45, 2.75) is 18.6 Å². The first-order chi connectivity index (χ1) is 16.4. The molecule has 1 spiro atoms. The number of carbonyl (C=O) groups excluding carboxylic acids is 4. The van der Waals surface area contributed by atoms with Gasteiger partial charge < -0.3 is 4.74 Å². The molecule has 0 radical (unpaired) electrons. The Morgan fingerprint density at radius 1 is 0.824 bits per heavy atom. The van der Waals surface area contributed by atoms with Crippen molar-refractivity contribution >= 4 is 51.7 Å². The number of fused-ring (bicyclic) bond motifs is 3. The molecule has 3 aliphatic rings. The van der Waals surface area contributed by atoms with Crippen molar-refractivity contribution in [3.63, 3.8) is 0 Å². The Hall–Kier alpha value is -3.17. The van der Waals surface area contributed by atoms with Gasteiger partial charge in [-0.05, 0) is 58.8 Å². The highest BCUT2D eigenvalue weighted by Gasteiger charge is 2.74. The first-order valence-electron chi connectivity index (χ1n) is 10.9. The van der Waals surface area contributed by atoms with E-state index < -0.39 is 46.9 Å². The van der Waals surface area contributed by atoms with Gasteiger partial charge in [-0.2, -0.15) is 0 Å². The van der Waals surface area contributed by atoms with Gasteiger partial charge in [-0.15, -0.1) is 0 Å². The third-order valence-electron chi connectivity index (χ3n) is 7.05. The van der Waals surface area contributed by atoms with E-state index in [-0.39, 0.29) is 11.1 Å². The van der Waals surface area contributed by atoms with Crippen molar-refractivity contribution in [1.82, 2.24) is 0 Å². The Morgan fingerprint density at radius 2 is 1.44 bits per heavy atom. The number of ether oxygens (including phenoxy) is 1. The molecule has 1 aliphatic carbocycles. The molecule has 2 aliphatic heterocycles. The van der Waals surface area contributed by atoms with Crippen molar-refractivity contribution in [1.29, 1.82) is 0 Å². The summed E-state index contributed by atoms with van der Waals surface area (Å²) in [5.41, 5.74) is 0.267. The topological polar surface area (TPSA) is 80.8 Å². The molecule has 0 aromatic heterocycles. The maximum atomic E-state index is 13.9. The molecule has 0 N–H and O–H groups in total. The summed E-state index contributed by atoms with van der Waals surface area (Å²) < 4.78 is 7.24. The third kappa shape index (κ3) is 2.65. The number of amides is 2. The molecule has 3 aromatic carbocycles. The van der Waals surface area contributed by atoms with Crippen molar-refractivity contribution in [2.75, 3.05) is 4.90 Å². The summed E-state index contributed by atoms with van der Waals surface area (Å²) in [5, 5.41) is 0. The van der Waals surface area contributed by atoms with Crippen LogP contribution in [-0.2, 0) is 14.3 Å². The molecule has 168 valence electrons. The molecule has 7 heteroatoms. The Labute approximate surface area is 209 Å². The number of hydrogen-bond donors (Lipinski definition) is 0. The number of halogens is 1. The average Bonchev–Trinajstić information content (AvgIpc) is 3.40. The molecule has 6 nitrogen and oxygen atoms in total. The van der Waals surface area contributed by atoms with Crippen LogP contribution in [0, 0.1) is 22.3 Å². The molecule has 0 bridgehead atoms. The number of aryl methyl sites for hydroxylation is 1. The first kappa shape index (κ1) is 21.4. The van der Waals surface area contributed by atoms with E-state index in [1.54, 1.807) is 54.6 Å². The van der Waals surface area contributed by atoms with Crippen LogP contribution in [0.5, 0.6) is 0 Å². The van der Waals surface area contributed by atoms with Crippen molar-refractivity contribution < 1.29 is 23.9 Å². The van der Waals surface area contributed by atoms with E-state index in [4.69, 9.17) is 4.74 Å². The SMILES string of the molecule is Cc1cc(I)ccc1N1C(=O)[C@H]2[C@@H](C1=O)C1(O[C@H]2c2ccccc2)C(=O)c2ccccc2C1=O. The predicted octanol–water partition coefficient (Wildman–Crippen LogP) is 4.29. The quantitative estimate of drug-likeness (QED) is 0.264. The Morgan fingerprint density at radius 3 is 2.06 bits per heavy atom. The molecule has 6 rings (SSSR count). The number of nitrogens with zero attached hydrogens (tertiary/aromatic N) is 1. The lowest BCUT2D eigenvalue weighted by atomic mass is 9.77. The fraction of sp³-hybridized carbons (Fsp3) is 0.185. The first-order valence-corrected chi connectivity index (χ1v) is 12.0. The number of imide groups is 1. The maximum absolute atomic E-state index is 13.9. The zero-order chi connectivity index (χ0) is 23.8. The Kier molecular flexibility index (Phi) is 4.66. The molecule has 0 saturated carbocycles. The van der Waals surface area contributed by atoms with Crippen LogP contribution in [0.4, 0.5) is 5.69 Å². The molecular weight excluding hydrogens is 545 g/mol. The van der Waals surface area contributed by atoms with Gasteiger partial charge in [0, 0.05) is 14.7 Å². The zero-order valence-electron chi connectivity index (χ0n) is 18.0. The molecule has 34 heavy (non-hydrogen) atoms. The van der Waals surface area contributed by atoms with E-state index in [9.17, 15) is 19.2 Å². The molecule has 0 unspecified atom stereocenters. The van der Waals surface area contributed by atoms with Gasteiger partial charge in [0.25, 0.3) is 0 Å². The van der Waals surface area contributed by atoms with Crippen molar-refractivity contribution in [2.24, 2.45) is 11.8 Å². The summed E-state index contributed by atoms with van der Waals surface area (Å²) in [6, 6.07) is 20.9. The second-order valence-corrected chi connectivity index (χ2v) is 10.1. The van der Waals surface area contributed by atoms with E-state index in [0.29, 0.717) is 11.3 Å². The molecule has 3 atom stereocenters. The number of Topliss-reactive ketones (excluding diaryl/α,β-unsaturated/α-hetero) is 2. The normalized spacial score (nSPS) is 24.8. The lowest BCUT2D eigenvalue weighted by molar-refractivity contribution is -0.127. The van der Waals surface area contributed by atoms with Crippen LogP contribution in [0.1, 0.15) is 37.9 Å². The highest BCUT2D eigenvalue weighted by atomic mass is 127. The Balaban J connectivity index is 1.56.